The summed E-state index contributed by atoms with van der Waals surface area (Å²) in [5, 5.41) is 0.698. The van der Waals surface area contributed by atoms with E-state index in [1.54, 1.807) is 31.3 Å². The molecule has 0 N–H and O–H groups in total. The summed E-state index contributed by atoms with van der Waals surface area (Å²) >= 11 is 0. The van der Waals surface area contributed by atoms with Crippen molar-refractivity contribution in [1.29, 1.82) is 0 Å². The molecule has 0 spiro atoms. The van der Waals surface area contributed by atoms with Gasteiger partial charge in [0.05, 0.1) is 30.4 Å². The van der Waals surface area contributed by atoms with E-state index in [1.165, 1.54) is 12.3 Å². The largest absolute Gasteiger partial charge is 0.462 e. The Morgan fingerprint density at radius 3 is 2.57 bits per heavy atom. The van der Waals surface area contributed by atoms with Crippen molar-refractivity contribution in [3.8, 4) is 0 Å². The fourth-order valence-corrected chi connectivity index (χ4v) is 4.32. The smallest absolute Gasteiger partial charge is 0.338 e. The molecule has 6 nitrogen and oxygen atoms in total. The van der Waals surface area contributed by atoms with Gasteiger partial charge >= 0.3 is 5.97 Å². The summed E-state index contributed by atoms with van der Waals surface area (Å²) in [6, 6.07) is 8.77. The van der Waals surface area contributed by atoms with E-state index < -0.39 is 17.6 Å². The molecule has 0 aliphatic carbocycles. The molecule has 0 aliphatic heterocycles. The van der Waals surface area contributed by atoms with Crippen LogP contribution in [0.15, 0.2) is 53.3 Å². The van der Waals surface area contributed by atoms with E-state index in [2.05, 4.69) is 4.98 Å². The van der Waals surface area contributed by atoms with Crippen LogP contribution in [0.3, 0.4) is 0 Å². The highest BCUT2D eigenvalue weighted by atomic mass is 19.2. The summed E-state index contributed by atoms with van der Waals surface area (Å²) in [4.78, 5) is 30.2. The topological polar surface area (TPSA) is 74.3 Å². The van der Waals surface area contributed by atoms with Gasteiger partial charge in [-0.25, -0.2) is 18.6 Å². The molecule has 0 bridgehead atoms. The van der Waals surface area contributed by atoms with Crippen LogP contribution in [-0.2, 0) is 17.7 Å². The second kappa shape index (κ2) is 10.2. The van der Waals surface area contributed by atoms with E-state index in [4.69, 9.17) is 9.15 Å². The number of benzene rings is 2. The molecule has 4 aromatic rings. The maximum absolute atomic E-state index is 13.6. The van der Waals surface area contributed by atoms with Crippen molar-refractivity contribution in [1.82, 2.24) is 9.55 Å². The van der Waals surface area contributed by atoms with E-state index in [1.807, 2.05) is 18.4 Å². The Morgan fingerprint density at radius 2 is 1.91 bits per heavy atom. The minimum Gasteiger partial charge on any atom is -0.462 e. The number of carbonyl (C=O) groups excluding carboxylic acids is 2. The van der Waals surface area contributed by atoms with Crippen LogP contribution in [0.1, 0.15) is 71.0 Å². The zero-order chi connectivity index (χ0) is 25.1. The van der Waals surface area contributed by atoms with Gasteiger partial charge in [-0.1, -0.05) is 26.0 Å². The lowest BCUT2D eigenvalue weighted by Gasteiger charge is -2.14. The molecule has 4 rings (SSSR count). The Kier molecular flexibility index (Phi) is 7.10. The van der Waals surface area contributed by atoms with Crippen LogP contribution >= 0.6 is 0 Å². The van der Waals surface area contributed by atoms with Gasteiger partial charge in [-0.2, -0.15) is 0 Å². The number of aromatic nitrogens is 2. The number of carbonyl (C=O) groups is 2. The minimum atomic E-state index is -0.938. The average molecular weight is 481 g/mol. The number of esters is 1. The first kappa shape index (κ1) is 24.3. The van der Waals surface area contributed by atoms with Gasteiger partial charge in [-0.05, 0) is 49.1 Å². The molecule has 2 heterocycles. The Balaban J connectivity index is 1.79. The van der Waals surface area contributed by atoms with Gasteiger partial charge in [0.25, 0.3) is 0 Å². The standard InChI is InChI=1S/C27H26F2N2O4/c1-4-34-27(33)18-7-8-19-22(14-18)31(15-24-30-11-12-35-24)26(16(2)3)25(19)23(32)10-6-17-5-9-20(28)21(29)13-17/h5,7-9,11-14,16H,4,6,10,15H2,1-3H3. The highest BCUT2D eigenvalue weighted by Gasteiger charge is 2.26. The number of aryl methyl sites for hydroxylation is 1. The van der Waals surface area contributed by atoms with Gasteiger partial charge in [0.15, 0.2) is 17.4 Å². The number of ether oxygens (including phenoxy) is 1. The van der Waals surface area contributed by atoms with Crippen molar-refractivity contribution < 1.29 is 27.5 Å². The molecule has 0 aliphatic rings. The Morgan fingerprint density at radius 1 is 1.11 bits per heavy atom. The molecule has 0 saturated carbocycles. The highest BCUT2D eigenvalue weighted by molar-refractivity contribution is 6.11. The lowest BCUT2D eigenvalue weighted by molar-refractivity contribution is 0.0526. The molecule has 0 saturated heterocycles. The number of fused-ring (bicyclic) bond motifs is 1. The number of Topliss-reactive ketones (excluding diaryl/α,β-unsaturated/α-hetero) is 1. The number of hydrogen-bond acceptors (Lipinski definition) is 5. The molecule has 35 heavy (non-hydrogen) atoms. The SMILES string of the molecule is CCOC(=O)c1ccc2c(C(=O)CCc3ccc(F)c(F)c3)c(C(C)C)n(Cc3ncco3)c2c1. The highest BCUT2D eigenvalue weighted by Crippen LogP contribution is 2.34. The van der Waals surface area contributed by atoms with Crippen molar-refractivity contribution in [3.63, 3.8) is 0 Å². The van der Waals surface area contributed by atoms with Crippen LogP contribution in [0.4, 0.5) is 8.78 Å². The van der Waals surface area contributed by atoms with E-state index in [0.717, 1.165) is 17.8 Å². The first-order valence-electron chi connectivity index (χ1n) is 11.5. The molecular weight excluding hydrogens is 454 g/mol. The molecule has 0 amide bonds. The Hall–Kier alpha value is -3.81. The van der Waals surface area contributed by atoms with Crippen molar-refractivity contribution in [2.45, 2.75) is 46.1 Å². The van der Waals surface area contributed by atoms with Crippen molar-refractivity contribution in [2.24, 2.45) is 0 Å². The molecule has 2 aromatic heterocycles. The molecule has 0 radical (unpaired) electrons. The van der Waals surface area contributed by atoms with Crippen molar-refractivity contribution in [2.75, 3.05) is 6.61 Å². The second-order valence-electron chi connectivity index (χ2n) is 8.55. The first-order chi connectivity index (χ1) is 16.8. The molecular formula is C27H26F2N2O4. The predicted octanol–water partition coefficient (Wildman–Crippen LogP) is 6.07. The van der Waals surface area contributed by atoms with Crippen LogP contribution in [0.2, 0.25) is 0 Å². The molecule has 0 fully saturated rings. The van der Waals surface area contributed by atoms with Crippen LogP contribution in [0.5, 0.6) is 0 Å². The van der Waals surface area contributed by atoms with Gasteiger partial charge in [-0.15, -0.1) is 0 Å². The van der Waals surface area contributed by atoms with E-state index in [-0.39, 0.29) is 37.7 Å². The Labute approximate surface area is 201 Å². The van der Waals surface area contributed by atoms with Gasteiger partial charge < -0.3 is 13.7 Å². The van der Waals surface area contributed by atoms with Crippen LogP contribution < -0.4 is 0 Å². The number of ketones is 1. The summed E-state index contributed by atoms with van der Waals surface area (Å²) in [5.41, 5.74) is 2.93. The van der Waals surface area contributed by atoms with Gasteiger partial charge in [0, 0.05) is 23.1 Å². The molecule has 2 aromatic carbocycles. The number of oxazole rings is 1. The number of hydrogen-bond donors (Lipinski definition) is 0. The normalized spacial score (nSPS) is 11.4. The second-order valence-corrected chi connectivity index (χ2v) is 8.55. The van der Waals surface area contributed by atoms with Crippen LogP contribution in [-0.4, -0.2) is 27.9 Å². The number of nitrogens with zero attached hydrogens (tertiary/aromatic N) is 2. The average Bonchev–Trinajstić information content (AvgIpc) is 3.46. The minimum absolute atomic E-state index is 0.0365. The summed E-state index contributed by atoms with van der Waals surface area (Å²) in [6.07, 6.45) is 3.41. The molecule has 182 valence electrons. The summed E-state index contributed by atoms with van der Waals surface area (Å²) in [6.45, 7) is 6.23. The molecule has 0 atom stereocenters. The Bertz CT molecular complexity index is 1370. The summed E-state index contributed by atoms with van der Waals surface area (Å²) < 4.78 is 39.5. The third-order valence-corrected chi connectivity index (χ3v) is 5.84. The van der Waals surface area contributed by atoms with E-state index in [9.17, 15) is 18.4 Å². The zero-order valence-electron chi connectivity index (χ0n) is 19.8. The lowest BCUT2D eigenvalue weighted by atomic mass is 9.96. The number of halogens is 2. The lowest BCUT2D eigenvalue weighted by Crippen LogP contribution is -2.11. The fourth-order valence-electron chi connectivity index (χ4n) is 4.32. The number of rotatable bonds is 9. The van der Waals surface area contributed by atoms with Gasteiger partial charge in [0.2, 0.25) is 5.89 Å². The van der Waals surface area contributed by atoms with E-state index >= 15 is 0 Å². The van der Waals surface area contributed by atoms with Gasteiger partial charge in [-0.3, -0.25) is 4.79 Å². The van der Waals surface area contributed by atoms with Crippen molar-refractivity contribution in [3.05, 3.63) is 88.8 Å². The van der Waals surface area contributed by atoms with Crippen LogP contribution in [0, 0.1) is 11.6 Å². The van der Waals surface area contributed by atoms with Crippen molar-refractivity contribution >= 4 is 22.7 Å². The molecule has 8 heteroatoms. The molecule has 0 unspecified atom stereocenters. The zero-order valence-corrected chi connectivity index (χ0v) is 19.8. The fraction of sp³-hybridized carbons (Fsp3) is 0.296. The third kappa shape index (κ3) is 5.01. The first-order valence-corrected chi connectivity index (χ1v) is 11.5. The summed E-state index contributed by atoms with van der Waals surface area (Å²) in [5.74, 6) is -2.01. The maximum atomic E-state index is 13.6. The van der Waals surface area contributed by atoms with Crippen LogP contribution in [0.25, 0.3) is 10.9 Å². The quantitative estimate of drug-likeness (QED) is 0.215. The van der Waals surface area contributed by atoms with E-state index in [0.29, 0.717) is 33.5 Å². The third-order valence-electron chi connectivity index (χ3n) is 5.84. The summed E-state index contributed by atoms with van der Waals surface area (Å²) in [7, 11) is 0. The van der Waals surface area contributed by atoms with Gasteiger partial charge in [0.1, 0.15) is 6.26 Å². The maximum Gasteiger partial charge on any atom is 0.338 e. The monoisotopic (exact) mass is 480 g/mol. The predicted molar refractivity (Wildman–Crippen MR) is 127 cm³/mol.